The number of allylic oxidation sites excluding steroid dienone is 1. The molecule has 3 heteroatoms. The van der Waals surface area contributed by atoms with Gasteiger partial charge in [-0.3, -0.25) is 4.79 Å². The van der Waals surface area contributed by atoms with Crippen molar-refractivity contribution >= 4 is 11.9 Å². The van der Waals surface area contributed by atoms with Gasteiger partial charge in [0, 0.05) is 11.1 Å². The lowest BCUT2D eigenvalue weighted by atomic mass is 10.1. The van der Waals surface area contributed by atoms with E-state index in [2.05, 4.69) is 6.58 Å². The van der Waals surface area contributed by atoms with Gasteiger partial charge in [-0.2, -0.15) is 0 Å². The normalized spacial score (nSPS) is 10.4. The maximum Gasteiger partial charge on any atom is 0.185 e. The summed E-state index contributed by atoms with van der Waals surface area (Å²) in [5.74, 6) is 1.38. The lowest BCUT2D eigenvalue weighted by molar-refractivity contribution is 0.104. The summed E-state index contributed by atoms with van der Waals surface area (Å²) in [5.41, 5.74) is 1.47. The number of rotatable bonds is 7. The second kappa shape index (κ2) is 7.84. The van der Waals surface area contributed by atoms with Gasteiger partial charge < -0.3 is 9.47 Å². The van der Waals surface area contributed by atoms with Crippen LogP contribution in [0, 0.1) is 0 Å². The number of ketones is 1. The molecule has 2 rings (SSSR count). The monoisotopic (exact) mass is 294 g/mol. The molecule has 0 amide bonds. The number of carbonyl (C=O) groups is 1. The summed E-state index contributed by atoms with van der Waals surface area (Å²) in [7, 11) is 1.61. The third-order valence-corrected chi connectivity index (χ3v) is 3.06. The van der Waals surface area contributed by atoms with Crippen LogP contribution in [-0.4, -0.2) is 19.5 Å². The van der Waals surface area contributed by atoms with Crippen LogP contribution in [0.5, 0.6) is 11.5 Å². The van der Waals surface area contributed by atoms with Crippen molar-refractivity contribution in [2.45, 2.75) is 0 Å². The van der Waals surface area contributed by atoms with Crippen molar-refractivity contribution in [1.29, 1.82) is 0 Å². The van der Waals surface area contributed by atoms with Crippen molar-refractivity contribution in [1.82, 2.24) is 0 Å². The molecule has 0 fully saturated rings. The summed E-state index contributed by atoms with van der Waals surface area (Å²) in [6, 6.07) is 14.6. The highest BCUT2D eigenvalue weighted by Crippen LogP contribution is 2.19. The Balaban J connectivity index is 2.08. The van der Waals surface area contributed by atoms with Crippen LogP contribution >= 0.6 is 0 Å². The second-order valence-electron chi connectivity index (χ2n) is 4.56. The molecule has 22 heavy (non-hydrogen) atoms. The molecule has 0 saturated carbocycles. The van der Waals surface area contributed by atoms with Crippen molar-refractivity contribution in [3.8, 4) is 11.5 Å². The van der Waals surface area contributed by atoms with Gasteiger partial charge in [-0.05, 0) is 42.5 Å². The molecule has 3 nitrogen and oxygen atoms in total. The van der Waals surface area contributed by atoms with Crippen molar-refractivity contribution < 1.29 is 14.3 Å². The number of benzene rings is 2. The van der Waals surface area contributed by atoms with Crippen molar-refractivity contribution in [2.75, 3.05) is 13.7 Å². The number of hydrogen-bond acceptors (Lipinski definition) is 3. The number of para-hydroxylation sites is 1. The highest BCUT2D eigenvalue weighted by atomic mass is 16.5. The topological polar surface area (TPSA) is 35.5 Å². The van der Waals surface area contributed by atoms with Gasteiger partial charge >= 0.3 is 0 Å². The molecule has 0 spiro atoms. The first-order valence-corrected chi connectivity index (χ1v) is 6.94. The molecule has 0 saturated heterocycles. The molecule has 2 aromatic rings. The van der Waals surface area contributed by atoms with Gasteiger partial charge in [0.2, 0.25) is 0 Å². The molecule has 0 aromatic heterocycles. The van der Waals surface area contributed by atoms with Crippen LogP contribution in [0.15, 0.2) is 67.3 Å². The van der Waals surface area contributed by atoms with E-state index in [1.807, 2.05) is 24.3 Å². The van der Waals surface area contributed by atoms with Crippen LogP contribution in [0.3, 0.4) is 0 Å². The van der Waals surface area contributed by atoms with Crippen LogP contribution in [-0.2, 0) is 0 Å². The number of methoxy groups -OCH3 is 1. The quantitative estimate of drug-likeness (QED) is 0.437. The zero-order valence-corrected chi connectivity index (χ0v) is 12.5. The molecule has 0 heterocycles. The molecule has 0 atom stereocenters. The molecule has 0 aliphatic heterocycles. The largest absolute Gasteiger partial charge is 0.496 e. The van der Waals surface area contributed by atoms with Crippen LogP contribution in [0.4, 0.5) is 0 Å². The van der Waals surface area contributed by atoms with E-state index in [1.54, 1.807) is 43.5 Å². The van der Waals surface area contributed by atoms with E-state index in [4.69, 9.17) is 9.47 Å². The minimum atomic E-state index is -0.0684. The molecule has 0 bridgehead atoms. The van der Waals surface area contributed by atoms with E-state index in [9.17, 15) is 4.79 Å². The van der Waals surface area contributed by atoms with E-state index in [0.717, 1.165) is 11.3 Å². The molecule has 0 aliphatic rings. The fourth-order valence-corrected chi connectivity index (χ4v) is 1.94. The van der Waals surface area contributed by atoms with E-state index >= 15 is 0 Å². The highest BCUT2D eigenvalue weighted by molar-refractivity contribution is 6.07. The Morgan fingerprint density at radius 1 is 1.14 bits per heavy atom. The average Bonchev–Trinajstić information content (AvgIpc) is 2.58. The standard InChI is InChI=1S/C19H18O3/c1-3-14-22-17-11-8-15(9-12-17)18(20)13-10-16-6-4-5-7-19(16)21-2/h3-13H,1,14H2,2H3. The van der Waals surface area contributed by atoms with Gasteiger partial charge in [0.05, 0.1) is 7.11 Å². The van der Waals surface area contributed by atoms with E-state index < -0.39 is 0 Å². The van der Waals surface area contributed by atoms with Crippen LogP contribution in [0.1, 0.15) is 15.9 Å². The van der Waals surface area contributed by atoms with E-state index in [0.29, 0.717) is 17.9 Å². The van der Waals surface area contributed by atoms with Gasteiger partial charge in [-0.1, -0.05) is 30.9 Å². The maximum absolute atomic E-state index is 12.2. The molecular formula is C19H18O3. The third-order valence-electron chi connectivity index (χ3n) is 3.06. The smallest absolute Gasteiger partial charge is 0.185 e. The van der Waals surface area contributed by atoms with Gasteiger partial charge in [0.1, 0.15) is 18.1 Å². The molecule has 0 aliphatic carbocycles. The highest BCUT2D eigenvalue weighted by Gasteiger charge is 2.03. The van der Waals surface area contributed by atoms with Crippen molar-refractivity contribution in [3.05, 3.63) is 78.4 Å². The first kappa shape index (κ1) is 15.6. The Kier molecular flexibility index (Phi) is 5.55. The Hall–Kier alpha value is -2.81. The number of ether oxygens (including phenoxy) is 2. The fourth-order valence-electron chi connectivity index (χ4n) is 1.94. The summed E-state index contributed by atoms with van der Waals surface area (Å²) < 4.78 is 10.6. The summed E-state index contributed by atoms with van der Waals surface area (Å²) >= 11 is 0. The van der Waals surface area contributed by atoms with Crippen molar-refractivity contribution in [3.63, 3.8) is 0 Å². The Labute approximate surface area is 130 Å². The summed E-state index contributed by atoms with van der Waals surface area (Å²) in [6.07, 6.45) is 4.97. The van der Waals surface area contributed by atoms with Crippen molar-refractivity contribution in [2.24, 2.45) is 0 Å². The average molecular weight is 294 g/mol. The Bertz CT molecular complexity index is 669. The lowest BCUT2D eigenvalue weighted by Gasteiger charge is -2.04. The molecule has 0 unspecified atom stereocenters. The minimum Gasteiger partial charge on any atom is -0.496 e. The SMILES string of the molecule is C=CCOc1ccc(C(=O)C=Cc2ccccc2OC)cc1. The summed E-state index contributed by atoms with van der Waals surface area (Å²) in [5, 5.41) is 0. The Morgan fingerprint density at radius 2 is 1.86 bits per heavy atom. The predicted octanol–water partition coefficient (Wildman–Crippen LogP) is 4.16. The first-order valence-electron chi connectivity index (χ1n) is 6.94. The maximum atomic E-state index is 12.2. The number of hydrogen-bond donors (Lipinski definition) is 0. The molecule has 2 aromatic carbocycles. The zero-order valence-electron chi connectivity index (χ0n) is 12.5. The van der Waals surface area contributed by atoms with E-state index in [-0.39, 0.29) is 5.78 Å². The number of carbonyl (C=O) groups excluding carboxylic acids is 1. The van der Waals surface area contributed by atoms with Crippen LogP contribution < -0.4 is 9.47 Å². The molecular weight excluding hydrogens is 276 g/mol. The summed E-state index contributed by atoms with van der Waals surface area (Å²) in [4.78, 5) is 12.2. The second-order valence-corrected chi connectivity index (χ2v) is 4.56. The molecule has 112 valence electrons. The van der Waals surface area contributed by atoms with E-state index in [1.165, 1.54) is 6.08 Å². The zero-order chi connectivity index (χ0) is 15.8. The van der Waals surface area contributed by atoms with Gasteiger partial charge in [0.15, 0.2) is 5.78 Å². The fraction of sp³-hybridized carbons (Fsp3) is 0.105. The third kappa shape index (κ3) is 4.09. The van der Waals surface area contributed by atoms with Crippen LogP contribution in [0.2, 0.25) is 0 Å². The lowest BCUT2D eigenvalue weighted by Crippen LogP contribution is -1.96. The first-order chi connectivity index (χ1) is 10.7. The van der Waals surface area contributed by atoms with Gasteiger partial charge in [-0.25, -0.2) is 0 Å². The summed E-state index contributed by atoms with van der Waals surface area (Å²) in [6.45, 7) is 4.04. The predicted molar refractivity (Wildman–Crippen MR) is 88.5 cm³/mol. The van der Waals surface area contributed by atoms with Crippen LogP contribution in [0.25, 0.3) is 6.08 Å². The van der Waals surface area contributed by atoms with Gasteiger partial charge in [-0.15, -0.1) is 0 Å². The molecule has 0 N–H and O–H groups in total. The van der Waals surface area contributed by atoms with Gasteiger partial charge in [0.25, 0.3) is 0 Å². The Morgan fingerprint density at radius 3 is 2.55 bits per heavy atom. The minimum absolute atomic E-state index is 0.0684. The molecule has 0 radical (unpaired) electrons.